The Morgan fingerprint density at radius 2 is 2.05 bits per heavy atom. The lowest BCUT2D eigenvalue weighted by atomic mass is 10.1. The van der Waals surface area contributed by atoms with Crippen molar-refractivity contribution in [3.8, 4) is 10.6 Å². The number of hydrogen-bond acceptors (Lipinski definition) is 4. The van der Waals surface area contributed by atoms with E-state index in [-0.39, 0.29) is 5.91 Å². The second-order valence-electron chi connectivity index (χ2n) is 4.60. The van der Waals surface area contributed by atoms with Crippen molar-refractivity contribution < 1.29 is 9.32 Å². The molecule has 1 amide bonds. The van der Waals surface area contributed by atoms with Crippen molar-refractivity contribution in [1.82, 2.24) is 10.5 Å². The molecule has 0 aliphatic carbocycles. The zero-order valence-corrected chi connectivity index (χ0v) is 12.1. The molecule has 0 saturated carbocycles. The summed E-state index contributed by atoms with van der Waals surface area (Å²) in [6.07, 6.45) is 0.372. The fourth-order valence-electron chi connectivity index (χ4n) is 1.96. The summed E-state index contributed by atoms with van der Waals surface area (Å²) in [5, 5.41) is 8.80. The summed E-state index contributed by atoms with van der Waals surface area (Å²) in [4.78, 5) is 12.9. The van der Waals surface area contributed by atoms with Crippen LogP contribution in [0.25, 0.3) is 10.6 Å². The normalized spacial score (nSPS) is 10.5. The Kier molecular flexibility index (Phi) is 4.12. The molecule has 0 saturated heterocycles. The third kappa shape index (κ3) is 3.58. The van der Waals surface area contributed by atoms with Crippen molar-refractivity contribution in [3.05, 3.63) is 65.2 Å². The molecule has 3 rings (SSSR count). The first-order chi connectivity index (χ1) is 10.3. The fraction of sp³-hybridized carbons (Fsp3) is 0.125. The third-order valence-electron chi connectivity index (χ3n) is 3.00. The van der Waals surface area contributed by atoms with E-state index in [1.54, 1.807) is 11.3 Å². The maximum Gasteiger partial charge on any atom is 0.224 e. The quantitative estimate of drug-likeness (QED) is 0.786. The van der Waals surface area contributed by atoms with Crippen LogP contribution in [0.2, 0.25) is 0 Å². The van der Waals surface area contributed by atoms with Crippen LogP contribution in [-0.2, 0) is 17.8 Å². The van der Waals surface area contributed by atoms with Gasteiger partial charge in [-0.3, -0.25) is 4.79 Å². The smallest absolute Gasteiger partial charge is 0.224 e. The maximum atomic E-state index is 11.9. The van der Waals surface area contributed by atoms with Crippen LogP contribution in [0.15, 0.2) is 58.4 Å². The number of hydrogen-bond donors (Lipinski definition) is 1. The van der Waals surface area contributed by atoms with E-state index in [1.165, 1.54) is 0 Å². The van der Waals surface area contributed by atoms with Gasteiger partial charge in [0.05, 0.1) is 17.8 Å². The number of aromatic nitrogens is 1. The Labute approximate surface area is 126 Å². The van der Waals surface area contributed by atoms with Crippen LogP contribution in [-0.4, -0.2) is 11.1 Å². The van der Waals surface area contributed by atoms with Crippen molar-refractivity contribution in [2.75, 3.05) is 0 Å². The molecule has 106 valence electrons. The number of rotatable bonds is 5. The van der Waals surface area contributed by atoms with Gasteiger partial charge in [-0.2, -0.15) is 0 Å². The van der Waals surface area contributed by atoms with Gasteiger partial charge in [-0.05, 0) is 17.0 Å². The average molecular weight is 298 g/mol. The molecule has 0 unspecified atom stereocenters. The second-order valence-corrected chi connectivity index (χ2v) is 5.55. The Hall–Kier alpha value is -2.40. The van der Waals surface area contributed by atoms with Gasteiger partial charge in [0.25, 0.3) is 0 Å². The van der Waals surface area contributed by atoms with E-state index in [2.05, 4.69) is 10.5 Å². The van der Waals surface area contributed by atoms with Crippen molar-refractivity contribution >= 4 is 17.2 Å². The van der Waals surface area contributed by atoms with E-state index >= 15 is 0 Å². The molecule has 2 heterocycles. The molecule has 0 spiro atoms. The van der Waals surface area contributed by atoms with Crippen LogP contribution in [0.4, 0.5) is 0 Å². The molecule has 0 atom stereocenters. The Bertz CT molecular complexity index is 705. The molecule has 0 bridgehead atoms. The number of nitrogens with zero attached hydrogens (tertiary/aromatic N) is 1. The number of amides is 1. The Morgan fingerprint density at radius 1 is 1.19 bits per heavy atom. The summed E-state index contributed by atoms with van der Waals surface area (Å²) in [7, 11) is 0. The first-order valence-corrected chi connectivity index (χ1v) is 7.49. The molecule has 5 heteroatoms. The highest BCUT2D eigenvalue weighted by atomic mass is 32.1. The minimum absolute atomic E-state index is 0.0260. The Balaban J connectivity index is 1.54. The summed E-state index contributed by atoms with van der Waals surface area (Å²) < 4.78 is 5.27. The van der Waals surface area contributed by atoms with Crippen LogP contribution >= 0.6 is 11.3 Å². The van der Waals surface area contributed by atoms with Gasteiger partial charge in [0.2, 0.25) is 5.91 Å². The highest BCUT2D eigenvalue weighted by Gasteiger charge is 2.09. The fourth-order valence-corrected chi connectivity index (χ4v) is 2.64. The lowest BCUT2D eigenvalue weighted by molar-refractivity contribution is -0.120. The molecule has 0 aliphatic rings. The third-order valence-corrected chi connectivity index (χ3v) is 3.88. The highest BCUT2D eigenvalue weighted by molar-refractivity contribution is 7.13. The molecule has 1 N–H and O–H groups in total. The van der Waals surface area contributed by atoms with Crippen LogP contribution in [0.1, 0.15) is 11.3 Å². The largest absolute Gasteiger partial charge is 0.355 e. The number of thiophene rings is 1. The summed E-state index contributed by atoms with van der Waals surface area (Å²) in [5.74, 6) is 0.708. The molecule has 4 nitrogen and oxygen atoms in total. The van der Waals surface area contributed by atoms with E-state index in [0.717, 1.165) is 21.9 Å². The molecule has 1 aromatic carbocycles. The van der Waals surface area contributed by atoms with Gasteiger partial charge in [-0.25, -0.2) is 0 Å². The van der Waals surface area contributed by atoms with Gasteiger partial charge < -0.3 is 9.84 Å². The van der Waals surface area contributed by atoms with Gasteiger partial charge >= 0.3 is 0 Å². The second kappa shape index (κ2) is 6.37. The number of benzene rings is 1. The molecule has 21 heavy (non-hydrogen) atoms. The summed E-state index contributed by atoms with van der Waals surface area (Å²) in [6.45, 7) is 0.376. The predicted molar refractivity (Wildman–Crippen MR) is 81.8 cm³/mol. The van der Waals surface area contributed by atoms with Gasteiger partial charge in [0.15, 0.2) is 5.76 Å². The lowest BCUT2D eigenvalue weighted by Crippen LogP contribution is -2.24. The van der Waals surface area contributed by atoms with Crippen molar-refractivity contribution in [1.29, 1.82) is 0 Å². The minimum atomic E-state index is -0.0260. The SMILES string of the molecule is O=C(Cc1ccccc1)NCc1cc(-c2cccs2)on1. The predicted octanol–water partition coefficient (Wildman–Crippen LogP) is 3.26. The average Bonchev–Trinajstić information content (AvgIpc) is 3.17. The van der Waals surface area contributed by atoms with E-state index in [4.69, 9.17) is 4.52 Å². The number of carbonyl (C=O) groups is 1. The molecule has 0 aliphatic heterocycles. The van der Waals surface area contributed by atoms with Gasteiger partial charge in [0.1, 0.15) is 5.69 Å². The number of nitrogens with one attached hydrogen (secondary N) is 1. The van der Waals surface area contributed by atoms with Crippen LogP contribution < -0.4 is 5.32 Å². The van der Waals surface area contributed by atoms with Crippen molar-refractivity contribution in [2.24, 2.45) is 0 Å². The number of carbonyl (C=O) groups excluding carboxylic acids is 1. The molecule has 0 radical (unpaired) electrons. The van der Waals surface area contributed by atoms with E-state index in [1.807, 2.05) is 53.9 Å². The zero-order chi connectivity index (χ0) is 14.5. The maximum absolute atomic E-state index is 11.9. The zero-order valence-electron chi connectivity index (χ0n) is 11.3. The van der Waals surface area contributed by atoms with E-state index < -0.39 is 0 Å². The van der Waals surface area contributed by atoms with Crippen LogP contribution in [0, 0.1) is 0 Å². The summed E-state index contributed by atoms with van der Waals surface area (Å²) in [6, 6.07) is 15.4. The van der Waals surface area contributed by atoms with Gasteiger partial charge in [-0.1, -0.05) is 41.6 Å². The molecule has 2 aromatic heterocycles. The molecule has 3 aromatic rings. The highest BCUT2D eigenvalue weighted by Crippen LogP contribution is 2.24. The topological polar surface area (TPSA) is 55.1 Å². The van der Waals surface area contributed by atoms with Crippen molar-refractivity contribution in [2.45, 2.75) is 13.0 Å². The van der Waals surface area contributed by atoms with Crippen LogP contribution in [0.3, 0.4) is 0 Å². The standard InChI is InChI=1S/C16H14N2O2S/c19-16(9-12-5-2-1-3-6-12)17-11-13-10-14(20-18-13)15-7-4-8-21-15/h1-8,10H,9,11H2,(H,17,19). The van der Waals surface area contributed by atoms with E-state index in [9.17, 15) is 4.79 Å². The summed E-state index contributed by atoms with van der Waals surface area (Å²) in [5.41, 5.74) is 1.72. The summed E-state index contributed by atoms with van der Waals surface area (Å²) >= 11 is 1.59. The molecule has 0 fully saturated rings. The van der Waals surface area contributed by atoms with Gasteiger partial charge in [-0.15, -0.1) is 11.3 Å². The van der Waals surface area contributed by atoms with Crippen LogP contribution in [0.5, 0.6) is 0 Å². The lowest BCUT2D eigenvalue weighted by Gasteiger charge is -2.02. The van der Waals surface area contributed by atoms with E-state index in [0.29, 0.717) is 13.0 Å². The minimum Gasteiger partial charge on any atom is -0.355 e. The first kappa shape index (κ1) is 13.6. The molecular weight excluding hydrogens is 284 g/mol. The molecular formula is C16H14N2O2S. The van der Waals surface area contributed by atoms with Crippen molar-refractivity contribution in [3.63, 3.8) is 0 Å². The Morgan fingerprint density at radius 3 is 2.81 bits per heavy atom. The monoisotopic (exact) mass is 298 g/mol. The first-order valence-electron chi connectivity index (χ1n) is 6.61. The van der Waals surface area contributed by atoms with Gasteiger partial charge in [0, 0.05) is 6.07 Å².